The molecule has 3 aromatic rings. The fraction of sp³-hybridized carbons (Fsp3) is 0.316. The van der Waals surface area contributed by atoms with E-state index in [4.69, 9.17) is 4.74 Å². The summed E-state index contributed by atoms with van der Waals surface area (Å²) in [6, 6.07) is 8.01. The number of nitrogens with one attached hydrogen (secondary N) is 2. The molecule has 0 saturated carbocycles. The smallest absolute Gasteiger partial charge is 0.200 e. The molecule has 0 spiro atoms. The van der Waals surface area contributed by atoms with E-state index in [9.17, 15) is 4.79 Å². The fourth-order valence-electron chi connectivity index (χ4n) is 2.81. The monoisotopic (exact) mass is 338 g/mol. The lowest BCUT2D eigenvalue weighted by Gasteiger charge is -2.10. The summed E-state index contributed by atoms with van der Waals surface area (Å²) >= 11 is 0. The van der Waals surface area contributed by atoms with Gasteiger partial charge in [-0.05, 0) is 26.8 Å². The lowest BCUT2D eigenvalue weighted by molar-refractivity contribution is 0.0988. The van der Waals surface area contributed by atoms with Crippen LogP contribution in [0.4, 0.5) is 5.69 Å². The molecule has 0 radical (unpaired) electrons. The number of anilines is 1. The molecule has 1 aromatic carbocycles. The number of hydrogen-bond acceptors (Lipinski definition) is 5. The van der Waals surface area contributed by atoms with Crippen molar-refractivity contribution in [3.8, 4) is 0 Å². The van der Waals surface area contributed by atoms with Crippen molar-refractivity contribution in [1.29, 1.82) is 0 Å². The summed E-state index contributed by atoms with van der Waals surface area (Å²) in [5, 5.41) is 4.33. The number of para-hydroxylation sites is 1. The van der Waals surface area contributed by atoms with Gasteiger partial charge < -0.3 is 15.0 Å². The van der Waals surface area contributed by atoms with Gasteiger partial charge in [0, 0.05) is 35.0 Å². The van der Waals surface area contributed by atoms with Gasteiger partial charge >= 0.3 is 0 Å². The lowest BCUT2D eigenvalue weighted by Crippen LogP contribution is -2.19. The molecule has 2 aromatic heterocycles. The molecule has 6 nitrogen and oxygen atoms in total. The molecule has 6 heteroatoms. The molecule has 0 amide bonds. The maximum Gasteiger partial charge on any atom is 0.200 e. The molecule has 0 aliphatic carbocycles. The molecule has 0 fully saturated rings. The van der Waals surface area contributed by atoms with Crippen LogP contribution in [0.3, 0.4) is 0 Å². The highest BCUT2D eigenvalue weighted by atomic mass is 16.5. The number of aromatic amines is 1. The molecule has 2 N–H and O–H groups in total. The van der Waals surface area contributed by atoms with E-state index >= 15 is 0 Å². The first-order valence-corrected chi connectivity index (χ1v) is 8.34. The Labute approximate surface area is 146 Å². The van der Waals surface area contributed by atoms with Crippen LogP contribution in [0.2, 0.25) is 0 Å². The first-order chi connectivity index (χ1) is 12.1. The fourth-order valence-corrected chi connectivity index (χ4v) is 2.81. The Bertz CT molecular complexity index is 902. The van der Waals surface area contributed by atoms with Crippen LogP contribution in [-0.4, -0.2) is 33.9 Å². The first kappa shape index (κ1) is 17.1. The van der Waals surface area contributed by atoms with Gasteiger partial charge in [0.25, 0.3) is 0 Å². The quantitative estimate of drug-likeness (QED) is 0.645. The Kier molecular flexibility index (Phi) is 5.09. The number of ketones is 1. The molecule has 0 bridgehead atoms. The van der Waals surface area contributed by atoms with Crippen molar-refractivity contribution >= 4 is 22.4 Å². The Morgan fingerprint density at radius 2 is 2.08 bits per heavy atom. The number of benzene rings is 1. The van der Waals surface area contributed by atoms with Gasteiger partial charge in [-0.2, -0.15) is 0 Å². The number of rotatable bonds is 7. The maximum atomic E-state index is 12.7. The van der Waals surface area contributed by atoms with Gasteiger partial charge in [0.2, 0.25) is 5.78 Å². The van der Waals surface area contributed by atoms with E-state index < -0.39 is 0 Å². The standard InChI is InChI=1S/C19H22N4O2/c1-4-25-11-14-9-20-13(3)23-19(14)17(24)10-21-18-12(2)22-16-8-6-5-7-15(16)18/h5-9,21-22H,4,10-11H2,1-3H3. The topological polar surface area (TPSA) is 79.9 Å². The number of carbonyl (C=O) groups is 1. The van der Waals surface area contributed by atoms with E-state index in [1.807, 2.05) is 38.1 Å². The molecule has 0 aliphatic heterocycles. The van der Waals surface area contributed by atoms with Crippen molar-refractivity contribution in [2.45, 2.75) is 27.4 Å². The van der Waals surface area contributed by atoms with E-state index in [0.29, 0.717) is 24.7 Å². The highest BCUT2D eigenvalue weighted by Crippen LogP contribution is 2.26. The average molecular weight is 338 g/mol. The van der Waals surface area contributed by atoms with Crippen LogP contribution >= 0.6 is 0 Å². The number of hydrogen-bond donors (Lipinski definition) is 2. The number of Topliss-reactive ketones (excluding diaryl/α,β-unsaturated/α-hetero) is 1. The van der Waals surface area contributed by atoms with E-state index in [2.05, 4.69) is 20.3 Å². The average Bonchev–Trinajstić information content (AvgIpc) is 2.93. The van der Waals surface area contributed by atoms with Crippen LogP contribution in [0.5, 0.6) is 0 Å². The number of carbonyl (C=O) groups excluding carboxylic acids is 1. The zero-order chi connectivity index (χ0) is 17.8. The second kappa shape index (κ2) is 7.44. The molecule has 0 atom stereocenters. The molecule has 2 heterocycles. The number of aromatic nitrogens is 3. The largest absolute Gasteiger partial charge is 0.377 e. The Morgan fingerprint density at radius 1 is 1.28 bits per heavy atom. The van der Waals surface area contributed by atoms with Crippen molar-refractivity contribution in [3.63, 3.8) is 0 Å². The zero-order valence-corrected chi connectivity index (χ0v) is 14.7. The van der Waals surface area contributed by atoms with Gasteiger partial charge in [-0.3, -0.25) is 4.79 Å². The number of aryl methyl sites for hydroxylation is 2. The van der Waals surface area contributed by atoms with E-state index in [1.165, 1.54) is 0 Å². The molecular formula is C19H22N4O2. The van der Waals surface area contributed by atoms with Crippen LogP contribution in [0, 0.1) is 13.8 Å². The Morgan fingerprint density at radius 3 is 2.88 bits per heavy atom. The molecule has 0 aliphatic rings. The zero-order valence-electron chi connectivity index (χ0n) is 14.7. The molecule has 25 heavy (non-hydrogen) atoms. The number of fused-ring (bicyclic) bond motifs is 1. The van der Waals surface area contributed by atoms with Gasteiger partial charge in [-0.15, -0.1) is 0 Å². The predicted molar refractivity (Wildman–Crippen MR) is 98.0 cm³/mol. The van der Waals surface area contributed by atoms with Crippen LogP contribution in [0.1, 0.15) is 34.5 Å². The Hall–Kier alpha value is -2.73. The van der Waals surface area contributed by atoms with Crippen molar-refractivity contribution in [3.05, 3.63) is 53.2 Å². The van der Waals surface area contributed by atoms with Crippen molar-refractivity contribution in [2.75, 3.05) is 18.5 Å². The van der Waals surface area contributed by atoms with E-state index in [-0.39, 0.29) is 12.3 Å². The number of nitrogens with zero attached hydrogens (tertiary/aromatic N) is 2. The second-order valence-electron chi connectivity index (χ2n) is 5.88. The minimum absolute atomic E-state index is 0.0788. The molecule has 130 valence electrons. The van der Waals surface area contributed by atoms with Gasteiger partial charge in [-0.25, -0.2) is 9.97 Å². The van der Waals surface area contributed by atoms with Crippen LogP contribution in [0.25, 0.3) is 10.9 Å². The summed E-state index contributed by atoms with van der Waals surface area (Å²) in [5.74, 6) is 0.497. The number of H-pyrrole nitrogens is 1. The SMILES string of the molecule is CCOCc1cnc(C)nc1C(=O)CNc1c(C)[nH]c2ccccc12. The summed E-state index contributed by atoms with van der Waals surface area (Å²) in [5.41, 5.74) is 4.13. The molecular weight excluding hydrogens is 316 g/mol. The van der Waals surface area contributed by atoms with Crippen molar-refractivity contribution in [2.24, 2.45) is 0 Å². The minimum Gasteiger partial charge on any atom is -0.377 e. The van der Waals surface area contributed by atoms with Gasteiger partial charge in [0.1, 0.15) is 11.5 Å². The van der Waals surface area contributed by atoms with Gasteiger partial charge in [-0.1, -0.05) is 18.2 Å². The normalized spacial score (nSPS) is 11.0. The summed E-state index contributed by atoms with van der Waals surface area (Å²) in [4.78, 5) is 24.5. The second-order valence-corrected chi connectivity index (χ2v) is 5.88. The van der Waals surface area contributed by atoms with Crippen molar-refractivity contribution in [1.82, 2.24) is 15.0 Å². The molecule has 3 rings (SSSR count). The third-order valence-corrected chi connectivity index (χ3v) is 4.03. The van der Waals surface area contributed by atoms with Crippen molar-refractivity contribution < 1.29 is 9.53 Å². The summed E-state index contributed by atoms with van der Waals surface area (Å²) < 4.78 is 5.42. The Balaban J connectivity index is 1.80. The predicted octanol–water partition coefficient (Wildman–Crippen LogP) is 3.41. The van der Waals surface area contributed by atoms with Crippen LogP contribution in [0.15, 0.2) is 30.5 Å². The lowest BCUT2D eigenvalue weighted by atomic mass is 10.1. The highest BCUT2D eigenvalue weighted by Gasteiger charge is 2.16. The minimum atomic E-state index is -0.0788. The van der Waals surface area contributed by atoms with E-state index in [0.717, 1.165) is 27.8 Å². The molecule has 0 saturated heterocycles. The van der Waals surface area contributed by atoms with Gasteiger partial charge in [0.05, 0.1) is 18.8 Å². The van der Waals surface area contributed by atoms with E-state index in [1.54, 1.807) is 13.1 Å². The summed E-state index contributed by atoms with van der Waals surface area (Å²) in [7, 11) is 0. The van der Waals surface area contributed by atoms with Crippen LogP contribution in [-0.2, 0) is 11.3 Å². The number of ether oxygens (including phenoxy) is 1. The highest BCUT2D eigenvalue weighted by molar-refractivity contribution is 6.01. The third kappa shape index (κ3) is 3.69. The molecule has 0 unspecified atom stereocenters. The third-order valence-electron chi connectivity index (χ3n) is 4.03. The first-order valence-electron chi connectivity index (χ1n) is 8.34. The summed E-state index contributed by atoms with van der Waals surface area (Å²) in [6.07, 6.45) is 1.67. The van der Waals surface area contributed by atoms with Gasteiger partial charge in [0.15, 0.2) is 0 Å². The maximum absolute atomic E-state index is 12.7. The van der Waals surface area contributed by atoms with Crippen LogP contribution < -0.4 is 5.32 Å². The summed E-state index contributed by atoms with van der Waals surface area (Å²) in [6.45, 7) is 6.76.